The SMILES string of the molecule is Cc1nn(COc2ccc(F)cc2F)c(C)c1NC(=O)C1CC1c1ccccc1. The van der Waals surface area contributed by atoms with Crippen LogP contribution in [0.4, 0.5) is 14.5 Å². The van der Waals surface area contributed by atoms with E-state index < -0.39 is 11.6 Å². The molecule has 1 N–H and O–H groups in total. The smallest absolute Gasteiger partial charge is 0.228 e. The molecule has 0 bridgehead atoms. The zero-order chi connectivity index (χ0) is 20.5. The maximum Gasteiger partial charge on any atom is 0.228 e. The lowest BCUT2D eigenvalue weighted by Gasteiger charge is -2.09. The Hall–Kier alpha value is -3.22. The molecular formula is C22H21F2N3O2. The molecular weight excluding hydrogens is 376 g/mol. The molecule has 1 heterocycles. The van der Waals surface area contributed by atoms with Crippen LogP contribution in [-0.2, 0) is 11.5 Å². The minimum Gasteiger partial charge on any atom is -0.468 e. The third kappa shape index (κ3) is 3.99. The summed E-state index contributed by atoms with van der Waals surface area (Å²) in [6.07, 6.45) is 0.828. The molecule has 150 valence electrons. The summed E-state index contributed by atoms with van der Waals surface area (Å²) in [6, 6.07) is 13.1. The summed E-state index contributed by atoms with van der Waals surface area (Å²) in [5, 5.41) is 7.34. The lowest BCUT2D eigenvalue weighted by atomic mass is 10.1. The monoisotopic (exact) mass is 397 g/mol. The maximum atomic E-state index is 13.7. The number of rotatable bonds is 6. The van der Waals surface area contributed by atoms with Crippen molar-refractivity contribution in [2.45, 2.75) is 32.9 Å². The Morgan fingerprint density at radius 2 is 1.97 bits per heavy atom. The first kappa shape index (κ1) is 19.1. The first-order valence-electron chi connectivity index (χ1n) is 9.41. The van der Waals surface area contributed by atoms with Gasteiger partial charge < -0.3 is 10.1 Å². The number of aromatic nitrogens is 2. The molecule has 1 aliphatic rings. The number of nitrogens with one attached hydrogen (secondary N) is 1. The predicted octanol–water partition coefficient (Wildman–Crippen LogP) is 4.56. The highest BCUT2D eigenvalue weighted by Crippen LogP contribution is 2.48. The van der Waals surface area contributed by atoms with Crippen LogP contribution in [0.3, 0.4) is 0 Å². The van der Waals surface area contributed by atoms with E-state index in [-0.39, 0.29) is 30.2 Å². The van der Waals surface area contributed by atoms with Crippen molar-refractivity contribution in [1.82, 2.24) is 9.78 Å². The Kier molecular flexibility index (Phi) is 5.05. The quantitative estimate of drug-likeness (QED) is 0.664. The van der Waals surface area contributed by atoms with Crippen LogP contribution in [0.15, 0.2) is 48.5 Å². The molecule has 1 aliphatic carbocycles. The number of hydrogen-bond donors (Lipinski definition) is 1. The number of amides is 1. The van der Waals surface area contributed by atoms with Gasteiger partial charge in [0.25, 0.3) is 0 Å². The van der Waals surface area contributed by atoms with Gasteiger partial charge in [-0.25, -0.2) is 13.5 Å². The first-order chi connectivity index (χ1) is 13.9. The number of carbonyl (C=O) groups excluding carboxylic acids is 1. The number of nitrogens with zero attached hydrogens (tertiary/aromatic N) is 2. The molecule has 2 unspecified atom stereocenters. The van der Waals surface area contributed by atoms with Crippen LogP contribution in [0, 0.1) is 31.4 Å². The first-order valence-corrected chi connectivity index (χ1v) is 9.41. The zero-order valence-electron chi connectivity index (χ0n) is 16.2. The van der Waals surface area contributed by atoms with Crippen LogP contribution < -0.4 is 10.1 Å². The van der Waals surface area contributed by atoms with Crippen molar-refractivity contribution in [2.24, 2.45) is 5.92 Å². The summed E-state index contributed by atoms with van der Waals surface area (Å²) >= 11 is 0. The molecule has 1 saturated carbocycles. The van der Waals surface area contributed by atoms with E-state index in [1.165, 1.54) is 16.3 Å². The van der Waals surface area contributed by atoms with Gasteiger partial charge in [-0.2, -0.15) is 5.10 Å². The topological polar surface area (TPSA) is 56.1 Å². The van der Waals surface area contributed by atoms with Crippen molar-refractivity contribution in [2.75, 3.05) is 5.32 Å². The molecule has 1 aromatic heterocycles. The van der Waals surface area contributed by atoms with E-state index in [4.69, 9.17) is 4.74 Å². The van der Waals surface area contributed by atoms with Gasteiger partial charge in [0.2, 0.25) is 5.91 Å². The Bertz CT molecular complexity index is 1050. The normalized spacial score (nSPS) is 17.8. The molecule has 1 amide bonds. The second-order valence-electron chi connectivity index (χ2n) is 7.24. The highest BCUT2D eigenvalue weighted by molar-refractivity contribution is 5.96. The van der Waals surface area contributed by atoms with Crippen molar-refractivity contribution in [3.05, 3.63) is 77.1 Å². The van der Waals surface area contributed by atoms with E-state index in [1.807, 2.05) is 37.3 Å². The average molecular weight is 397 g/mol. The van der Waals surface area contributed by atoms with Crippen LogP contribution in [0.2, 0.25) is 0 Å². The molecule has 4 rings (SSSR count). The van der Waals surface area contributed by atoms with Crippen molar-refractivity contribution < 1.29 is 18.3 Å². The van der Waals surface area contributed by atoms with E-state index in [0.29, 0.717) is 17.1 Å². The molecule has 0 spiro atoms. The largest absolute Gasteiger partial charge is 0.468 e. The minimum atomic E-state index is -0.777. The third-order valence-corrected chi connectivity index (χ3v) is 5.22. The predicted molar refractivity (Wildman–Crippen MR) is 105 cm³/mol. The second kappa shape index (κ2) is 7.66. The van der Waals surface area contributed by atoms with E-state index in [2.05, 4.69) is 10.4 Å². The van der Waals surface area contributed by atoms with Gasteiger partial charge in [0.15, 0.2) is 18.3 Å². The summed E-state index contributed by atoms with van der Waals surface area (Å²) in [5.74, 6) is -1.34. The van der Waals surface area contributed by atoms with E-state index in [1.54, 1.807) is 6.92 Å². The van der Waals surface area contributed by atoms with Crippen LogP contribution in [0.25, 0.3) is 0 Å². The fourth-order valence-electron chi connectivity index (χ4n) is 3.50. The number of carbonyl (C=O) groups is 1. The summed E-state index contributed by atoms with van der Waals surface area (Å²) < 4.78 is 33.7. The number of benzene rings is 2. The average Bonchev–Trinajstić information content (AvgIpc) is 3.46. The Balaban J connectivity index is 1.41. The number of ether oxygens (including phenoxy) is 1. The molecule has 0 saturated heterocycles. The number of halogens is 2. The summed E-state index contributed by atoms with van der Waals surface area (Å²) in [4.78, 5) is 12.7. The lowest BCUT2D eigenvalue weighted by Crippen LogP contribution is -2.16. The fourth-order valence-corrected chi connectivity index (χ4v) is 3.50. The Labute approximate surface area is 167 Å². The molecule has 5 nitrogen and oxygen atoms in total. The molecule has 0 radical (unpaired) electrons. The van der Waals surface area contributed by atoms with Gasteiger partial charge in [0.05, 0.1) is 17.1 Å². The standard InChI is InChI=1S/C22H21F2N3O2/c1-13-21(25-22(28)18-11-17(18)15-6-4-3-5-7-15)14(2)27(26-13)12-29-20-9-8-16(23)10-19(20)24/h3-10,17-18H,11-12H2,1-2H3,(H,25,28). The summed E-state index contributed by atoms with van der Waals surface area (Å²) in [7, 11) is 0. The van der Waals surface area contributed by atoms with E-state index >= 15 is 0 Å². The van der Waals surface area contributed by atoms with Gasteiger partial charge >= 0.3 is 0 Å². The van der Waals surface area contributed by atoms with Gasteiger partial charge in [-0.1, -0.05) is 30.3 Å². The van der Waals surface area contributed by atoms with Gasteiger partial charge in [0, 0.05) is 12.0 Å². The van der Waals surface area contributed by atoms with Gasteiger partial charge in [0.1, 0.15) is 5.82 Å². The van der Waals surface area contributed by atoms with Crippen molar-refractivity contribution in [3.63, 3.8) is 0 Å². The highest BCUT2D eigenvalue weighted by Gasteiger charge is 2.44. The highest BCUT2D eigenvalue weighted by atomic mass is 19.1. The number of aryl methyl sites for hydroxylation is 1. The van der Waals surface area contributed by atoms with Gasteiger partial charge in [-0.05, 0) is 43.9 Å². The van der Waals surface area contributed by atoms with Crippen molar-refractivity contribution in [3.8, 4) is 5.75 Å². The Morgan fingerprint density at radius 1 is 1.21 bits per heavy atom. The van der Waals surface area contributed by atoms with E-state index in [0.717, 1.165) is 18.6 Å². The maximum absolute atomic E-state index is 13.7. The van der Waals surface area contributed by atoms with E-state index in [9.17, 15) is 13.6 Å². The zero-order valence-corrected chi connectivity index (χ0v) is 16.2. The molecule has 2 aromatic carbocycles. The molecule has 0 aliphatic heterocycles. The lowest BCUT2D eigenvalue weighted by molar-refractivity contribution is -0.117. The number of hydrogen-bond acceptors (Lipinski definition) is 3. The third-order valence-electron chi connectivity index (χ3n) is 5.22. The number of anilines is 1. The molecule has 1 fully saturated rings. The second-order valence-corrected chi connectivity index (χ2v) is 7.24. The van der Waals surface area contributed by atoms with Crippen LogP contribution >= 0.6 is 0 Å². The summed E-state index contributed by atoms with van der Waals surface area (Å²) in [6.45, 7) is 3.54. The molecule has 7 heteroatoms. The van der Waals surface area contributed by atoms with Crippen molar-refractivity contribution >= 4 is 11.6 Å². The van der Waals surface area contributed by atoms with Crippen molar-refractivity contribution in [1.29, 1.82) is 0 Å². The molecule has 3 aromatic rings. The summed E-state index contributed by atoms with van der Waals surface area (Å²) in [5.41, 5.74) is 3.16. The molecule has 2 atom stereocenters. The Morgan fingerprint density at radius 3 is 2.69 bits per heavy atom. The van der Waals surface area contributed by atoms with Gasteiger partial charge in [-0.15, -0.1) is 0 Å². The van der Waals surface area contributed by atoms with Crippen LogP contribution in [0.1, 0.15) is 29.3 Å². The van der Waals surface area contributed by atoms with Gasteiger partial charge in [-0.3, -0.25) is 4.79 Å². The van der Waals surface area contributed by atoms with Crippen LogP contribution in [-0.4, -0.2) is 15.7 Å². The minimum absolute atomic E-state index is 0.0323. The molecule has 29 heavy (non-hydrogen) atoms. The fraction of sp³-hybridized carbons (Fsp3) is 0.273. The van der Waals surface area contributed by atoms with Crippen LogP contribution in [0.5, 0.6) is 5.75 Å².